The molecular formula is C11H10ClNO2. The molecule has 0 amide bonds. The molecule has 0 radical (unpaired) electrons. The monoisotopic (exact) mass is 223 g/mol. The summed E-state index contributed by atoms with van der Waals surface area (Å²) in [5, 5.41) is 0.661. The van der Waals surface area contributed by atoms with E-state index in [-0.39, 0.29) is 12.2 Å². The molecule has 1 fully saturated rings. The quantitative estimate of drug-likeness (QED) is 0.633. The van der Waals surface area contributed by atoms with Crippen LogP contribution in [0.5, 0.6) is 0 Å². The van der Waals surface area contributed by atoms with Crippen LogP contribution in [-0.4, -0.2) is 18.7 Å². The molecule has 3 rings (SSSR count). The molecule has 0 N–H and O–H groups in total. The van der Waals surface area contributed by atoms with E-state index in [1.54, 1.807) is 12.1 Å². The minimum Gasteiger partial charge on any atom is -0.438 e. The molecule has 3 nitrogen and oxygen atoms in total. The molecule has 1 unspecified atom stereocenters. The number of hydrogen-bond donors (Lipinski definition) is 0. The van der Waals surface area contributed by atoms with E-state index in [4.69, 9.17) is 16.3 Å². The molecule has 2 heterocycles. The molecule has 0 saturated carbocycles. The normalized spacial score (nSPS) is 23.4. The van der Waals surface area contributed by atoms with Gasteiger partial charge in [-0.3, -0.25) is 0 Å². The highest BCUT2D eigenvalue weighted by molar-refractivity contribution is 6.31. The summed E-state index contributed by atoms with van der Waals surface area (Å²) < 4.78 is 5.32. The van der Waals surface area contributed by atoms with E-state index in [1.807, 2.05) is 6.07 Å². The van der Waals surface area contributed by atoms with Crippen LogP contribution in [0.25, 0.3) is 0 Å². The van der Waals surface area contributed by atoms with Crippen molar-refractivity contribution in [2.45, 2.75) is 19.1 Å². The van der Waals surface area contributed by atoms with Crippen LogP contribution in [0, 0.1) is 0 Å². The topological polar surface area (TPSA) is 29.5 Å². The summed E-state index contributed by atoms with van der Waals surface area (Å²) in [6.07, 6.45) is 1.89. The third-order valence-electron chi connectivity index (χ3n) is 2.93. The number of halogens is 1. The lowest BCUT2D eigenvalue weighted by Gasteiger charge is -2.32. The number of carbonyl (C=O) groups excluding carboxylic acids is 1. The molecule has 78 valence electrons. The average molecular weight is 224 g/mol. The van der Waals surface area contributed by atoms with Gasteiger partial charge < -0.3 is 9.64 Å². The minimum absolute atomic E-state index is 0.0801. The van der Waals surface area contributed by atoms with Crippen LogP contribution in [0.2, 0.25) is 5.02 Å². The van der Waals surface area contributed by atoms with E-state index < -0.39 is 0 Å². The zero-order chi connectivity index (χ0) is 10.4. The molecule has 0 spiro atoms. The van der Waals surface area contributed by atoms with Gasteiger partial charge in [0.1, 0.15) is 0 Å². The van der Waals surface area contributed by atoms with Crippen molar-refractivity contribution in [3.05, 3.63) is 28.8 Å². The van der Waals surface area contributed by atoms with E-state index in [9.17, 15) is 4.79 Å². The van der Waals surface area contributed by atoms with Crippen LogP contribution in [0.3, 0.4) is 0 Å². The maximum Gasteiger partial charge on any atom is 0.342 e. The Morgan fingerprint density at radius 3 is 3.20 bits per heavy atom. The number of carbonyl (C=O) groups is 1. The van der Waals surface area contributed by atoms with Gasteiger partial charge in [-0.05, 0) is 24.6 Å². The second-order valence-electron chi connectivity index (χ2n) is 3.86. The lowest BCUT2D eigenvalue weighted by molar-refractivity contribution is 0.0292. The highest BCUT2D eigenvalue weighted by atomic mass is 35.5. The Kier molecular flexibility index (Phi) is 1.89. The Labute approximate surface area is 92.6 Å². The fraction of sp³-hybridized carbons (Fsp3) is 0.364. The summed E-state index contributed by atoms with van der Waals surface area (Å²) in [5.41, 5.74) is 1.54. The van der Waals surface area contributed by atoms with Gasteiger partial charge in [-0.25, -0.2) is 4.79 Å². The van der Waals surface area contributed by atoms with Crippen LogP contribution >= 0.6 is 11.6 Å². The molecule has 2 aliphatic heterocycles. The van der Waals surface area contributed by atoms with Crippen molar-refractivity contribution < 1.29 is 9.53 Å². The first-order valence-corrected chi connectivity index (χ1v) is 5.41. The van der Waals surface area contributed by atoms with Gasteiger partial charge in [0.2, 0.25) is 0 Å². The predicted octanol–water partition coefficient (Wildman–Crippen LogP) is 2.44. The standard InChI is InChI=1S/C11H10ClNO2/c12-7-3-4-8-9(6-7)13-5-1-2-10(13)15-11(8)14/h3-4,6,10H,1-2,5H2. The lowest BCUT2D eigenvalue weighted by atomic mass is 10.1. The van der Waals surface area contributed by atoms with Crippen molar-refractivity contribution in [3.8, 4) is 0 Å². The summed E-state index contributed by atoms with van der Waals surface area (Å²) in [6.45, 7) is 0.936. The Hall–Kier alpha value is -1.22. The minimum atomic E-state index is -0.232. The summed E-state index contributed by atoms with van der Waals surface area (Å²) in [6, 6.07) is 5.29. The van der Waals surface area contributed by atoms with Gasteiger partial charge in [0.15, 0.2) is 6.23 Å². The molecule has 0 aliphatic carbocycles. The molecule has 15 heavy (non-hydrogen) atoms. The maximum atomic E-state index is 11.6. The van der Waals surface area contributed by atoms with Crippen LogP contribution in [0.1, 0.15) is 23.2 Å². The third-order valence-corrected chi connectivity index (χ3v) is 3.17. The summed E-state index contributed by atoms with van der Waals surface area (Å²) in [5.74, 6) is -0.232. The number of ether oxygens (including phenoxy) is 1. The molecule has 1 saturated heterocycles. The van der Waals surface area contributed by atoms with Gasteiger partial charge >= 0.3 is 5.97 Å². The highest BCUT2D eigenvalue weighted by Gasteiger charge is 2.35. The molecule has 1 aromatic rings. The fourth-order valence-corrected chi connectivity index (χ4v) is 2.40. The Bertz CT molecular complexity index is 433. The zero-order valence-electron chi connectivity index (χ0n) is 8.07. The van der Waals surface area contributed by atoms with E-state index in [2.05, 4.69) is 4.90 Å². The number of esters is 1. The number of benzene rings is 1. The van der Waals surface area contributed by atoms with Gasteiger partial charge in [0, 0.05) is 18.0 Å². The van der Waals surface area contributed by atoms with E-state index >= 15 is 0 Å². The average Bonchev–Trinajstić information content (AvgIpc) is 2.65. The van der Waals surface area contributed by atoms with Gasteiger partial charge in [0.25, 0.3) is 0 Å². The van der Waals surface area contributed by atoms with Crippen molar-refractivity contribution >= 4 is 23.3 Å². The number of nitrogens with zero attached hydrogens (tertiary/aromatic N) is 1. The summed E-state index contributed by atoms with van der Waals surface area (Å²) >= 11 is 5.94. The fourth-order valence-electron chi connectivity index (χ4n) is 2.24. The van der Waals surface area contributed by atoms with E-state index in [0.29, 0.717) is 10.6 Å². The molecule has 4 heteroatoms. The van der Waals surface area contributed by atoms with Crippen molar-refractivity contribution in [3.63, 3.8) is 0 Å². The first-order valence-electron chi connectivity index (χ1n) is 5.03. The van der Waals surface area contributed by atoms with Gasteiger partial charge in [-0.15, -0.1) is 0 Å². The van der Waals surface area contributed by atoms with Gasteiger partial charge in [0.05, 0.1) is 11.3 Å². The molecule has 0 aromatic heterocycles. The van der Waals surface area contributed by atoms with Crippen molar-refractivity contribution in [1.29, 1.82) is 0 Å². The van der Waals surface area contributed by atoms with Crippen molar-refractivity contribution in [2.24, 2.45) is 0 Å². The molecule has 2 aliphatic rings. The molecule has 1 atom stereocenters. The van der Waals surface area contributed by atoms with Crippen LogP contribution in [0.15, 0.2) is 18.2 Å². The lowest BCUT2D eigenvalue weighted by Crippen LogP contribution is -2.38. The van der Waals surface area contributed by atoms with E-state index in [0.717, 1.165) is 25.1 Å². The van der Waals surface area contributed by atoms with E-state index in [1.165, 1.54) is 0 Å². The summed E-state index contributed by atoms with van der Waals surface area (Å²) in [7, 11) is 0. The van der Waals surface area contributed by atoms with Crippen LogP contribution in [0.4, 0.5) is 5.69 Å². The highest BCUT2D eigenvalue weighted by Crippen LogP contribution is 2.35. The van der Waals surface area contributed by atoms with Gasteiger partial charge in [-0.1, -0.05) is 11.6 Å². The Morgan fingerprint density at radius 2 is 2.33 bits per heavy atom. The van der Waals surface area contributed by atoms with Crippen LogP contribution in [-0.2, 0) is 4.74 Å². The van der Waals surface area contributed by atoms with Crippen molar-refractivity contribution in [2.75, 3.05) is 11.4 Å². The van der Waals surface area contributed by atoms with Crippen LogP contribution < -0.4 is 4.90 Å². The number of rotatable bonds is 0. The first kappa shape index (κ1) is 9.04. The molecule has 0 bridgehead atoms. The molecular weight excluding hydrogens is 214 g/mol. The number of fused-ring (bicyclic) bond motifs is 3. The SMILES string of the molecule is O=C1OC2CCCN2c2cc(Cl)ccc21. The third kappa shape index (κ3) is 1.30. The zero-order valence-corrected chi connectivity index (χ0v) is 8.83. The second-order valence-corrected chi connectivity index (χ2v) is 4.29. The van der Waals surface area contributed by atoms with Crippen molar-refractivity contribution in [1.82, 2.24) is 0 Å². The largest absolute Gasteiger partial charge is 0.438 e. The maximum absolute atomic E-state index is 11.6. The Morgan fingerprint density at radius 1 is 1.47 bits per heavy atom. The number of anilines is 1. The predicted molar refractivity (Wildman–Crippen MR) is 57.2 cm³/mol. The first-order chi connectivity index (χ1) is 7.25. The number of hydrogen-bond acceptors (Lipinski definition) is 3. The summed E-state index contributed by atoms with van der Waals surface area (Å²) in [4.78, 5) is 13.8. The second kappa shape index (κ2) is 3.14. The van der Waals surface area contributed by atoms with Gasteiger partial charge in [-0.2, -0.15) is 0 Å². The molecule has 1 aromatic carbocycles. The Balaban J connectivity index is 2.15. The smallest absolute Gasteiger partial charge is 0.342 e.